The largest absolute Gasteiger partial charge is 0.335 e. The van der Waals surface area contributed by atoms with Crippen LogP contribution in [0.2, 0.25) is 0 Å². The van der Waals surface area contributed by atoms with Crippen molar-refractivity contribution in [1.29, 1.82) is 0 Å². The van der Waals surface area contributed by atoms with Gasteiger partial charge < -0.3 is 11.7 Å². The van der Waals surface area contributed by atoms with Crippen LogP contribution in [-0.4, -0.2) is 29.7 Å². The van der Waals surface area contributed by atoms with Crippen molar-refractivity contribution in [2.75, 3.05) is 11.7 Å². The van der Waals surface area contributed by atoms with E-state index in [1.165, 1.54) is 9.35 Å². The molecule has 0 amide bonds. The molecule has 0 saturated carbocycles. The molecule has 0 fully saturated rings. The van der Waals surface area contributed by atoms with Gasteiger partial charge in [0.25, 0.3) is 0 Å². The van der Waals surface area contributed by atoms with Crippen molar-refractivity contribution in [3.63, 3.8) is 0 Å². The molecule has 0 bridgehead atoms. The number of H-pyrrole nitrogens is 2. The highest BCUT2D eigenvalue weighted by Gasteiger charge is 1.91. The van der Waals surface area contributed by atoms with Crippen LogP contribution in [0.4, 0.5) is 0 Å². The normalized spacial score (nSPS) is 9.62. The van der Waals surface area contributed by atoms with Crippen LogP contribution in [0.15, 0.2) is 0 Å². The Labute approximate surface area is 101 Å². The van der Waals surface area contributed by atoms with Crippen molar-refractivity contribution >= 4 is 24.4 Å². The van der Waals surface area contributed by atoms with E-state index in [0.29, 0.717) is 21.2 Å². The van der Waals surface area contributed by atoms with E-state index in [4.69, 9.17) is 36.1 Å². The Kier molecular flexibility index (Phi) is 3.79. The summed E-state index contributed by atoms with van der Waals surface area (Å²) in [6.45, 7) is 3.54. The molecular weight excluding hydrogens is 248 g/mol. The number of nitrogens with zero attached hydrogens (tertiary/aromatic N) is 4. The molecule has 0 radical (unpaired) electrons. The van der Waals surface area contributed by atoms with E-state index in [0.717, 1.165) is 0 Å². The lowest BCUT2D eigenvalue weighted by atomic mass is 10.7. The Morgan fingerprint density at radius 2 is 1.25 bits per heavy atom. The average molecular weight is 260 g/mol. The van der Waals surface area contributed by atoms with Gasteiger partial charge in [-0.3, -0.25) is 10.2 Å². The monoisotopic (exact) mass is 260 g/mol. The highest BCUT2D eigenvalue weighted by Crippen LogP contribution is 1.85. The molecular formula is C6H12N8S2. The summed E-state index contributed by atoms with van der Waals surface area (Å²) in [5, 5.41) is 12.5. The van der Waals surface area contributed by atoms with Gasteiger partial charge in [-0.15, -0.1) is 0 Å². The van der Waals surface area contributed by atoms with Gasteiger partial charge in [0, 0.05) is 0 Å². The Balaban J connectivity index is 0.000000160. The van der Waals surface area contributed by atoms with E-state index in [1.807, 2.05) is 0 Å². The summed E-state index contributed by atoms with van der Waals surface area (Å²) >= 11 is 9.39. The lowest BCUT2D eigenvalue weighted by molar-refractivity contribution is 0.917. The predicted molar refractivity (Wildman–Crippen MR) is 64.6 cm³/mol. The number of aromatic amines is 2. The first-order chi connectivity index (χ1) is 7.43. The molecule has 0 saturated heterocycles. The predicted octanol–water partition coefficient (Wildman–Crippen LogP) is -0.0742. The fourth-order valence-corrected chi connectivity index (χ4v) is 1.12. The standard InChI is InChI=1S/2C3H6N4S/c2*1-2-5-6-3(8)7(2)4/h2*4H2,1H3,(H,6,8). The van der Waals surface area contributed by atoms with Crippen LogP contribution in [0.1, 0.15) is 11.6 Å². The first kappa shape index (κ1) is 12.4. The van der Waals surface area contributed by atoms with Crippen LogP contribution >= 0.6 is 24.4 Å². The number of hydrogen-bond donors (Lipinski definition) is 4. The zero-order valence-corrected chi connectivity index (χ0v) is 10.4. The van der Waals surface area contributed by atoms with Crippen LogP contribution in [-0.2, 0) is 0 Å². The van der Waals surface area contributed by atoms with E-state index in [1.54, 1.807) is 13.8 Å². The number of aryl methyl sites for hydroxylation is 2. The van der Waals surface area contributed by atoms with Crippen LogP contribution in [0.25, 0.3) is 0 Å². The van der Waals surface area contributed by atoms with Crippen LogP contribution in [0, 0.1) is 23.4 Å². The van der Waals surface area contributed by atoms with Gasteiger partial charge in [0.15, 0.2) is 0 Å². The smallest absolute Gasteiger partial charge is 0.214 e. The SMILES string of the molecule is Cc1n[nH]c(=S)n1N.Cc1n[nH]c(=S)n1N. The van der Waals surface area contributed by atoms with Crippen LogP contribution in [0.3, 0.4) is 0 Å². The second-order valence-electron chi connectivity index (χ2n) is 2.89. The molecule has 2 heterocycles. The summed E-state index contributed by atoms with van der Waals surface area (Å²) in [7, 11) is 0. The van der Waals surface area contributed by atoms with Crippen LogP contribution < -0.4 is 11.7 Å². The molecule has 16 heavy (non-hydrogen) atoms. The number of nitrogen functional groups attached to an aromatic ring is 2. The summed E-state index contributed by atoms with van der Waals surface area (Å²) < 4.78 is 3.52. The zero-order valence-electron chi connectivity index (χ0n) is 8.76. The fraction of sp³-hybridized carbons (Fsp3) is 0.333. The maximum atomic E-state index is 5.32. The van der Waals surface area contributed by atoms with Gasteiger partial charge in [0.05, 0.1) is 0 Å². The summed E-state index contributed by atoms with van der Waals surface area (Å²) in [6, 6.07) is 0. The molecule has 0 spiro atoms. The summed E-state index contributed by atoms with van der Waals surface area (Å²) in [4.78, 5) is 0. The molecule has 0 aromatic carbocycles. The fourth-order valence-electron chi connectivity index (χ4n) is 0.767. The molecule has 2 aromatic heterocycles. The third kappa shape index (κ3) is 2.67. The lowest BCUT2D eigenvalue weighted by Crippen LogP contribution is -2.09. The Bertz CT molecular complexity index is 520. The maximum Gasteiger partial charge on any atom is 0.214 e. The van der Waals surface area contributed by atoms with E-state index < -0.39 is 0 Å². The molecule has 88 valence electrons. The molecule has 0 atom stereocenters. The first-order valence-electron chi connectivity index (χ1n) is 4.21. The highest BCUT2D eigenvalue weighted by molar-refractivity contribution is 7.71. The van der Waals surface area contributed by atoms with Crippen molar-refractivity contribution in [3.05, 3.63) is 21.2 Å². The number of rotatable bonds is 0. The van der Waals surface area contributed by atoms with Gasteiger partial charge in [0.1, 0.15) is 11.6 Å². The van der Waals surface area contributed by atoms with Gasteiger partial charge in [-0.1, -0.05) is 0 Å². The minimum Gasteiger partial charge on any atom is -0.335 e. The van der Waals surface area contributed by atoms with E-state index in [-0.39, 0.29) is 0 Å². The van der Waals surface area contributed by atoms with E-state index >= 15 is 0 Å². The number of nitrogens with one attached hydrogen (secondary N) is 2. The average Bonchev–Trinajstić information content (AvgIpc) is 2.70. The molecule has 0 unspecified atom stereocenters. The maximum absolute atomic E-state index is 5.32. The number of aromatic nitrogens is 6. The third-order valence-corrected chi connectivity index (χ3v) is 2.34. The minimum atomic E-state index is 0.447. The Morgan fingerprint density at radius 3 is 1.31 bits per heavy atom. The van der Waals surface area contributed by atoms with Crippen molar-refractivity contribution in [3.8, 4) is 0 Å². The van der Waals surface area contributed by atoms with Crippen LogP contribution in [0.5, 0.6) is 0 Å². The molecule has 10 heteroatoms. The first-order valence-corrected chi connectivity index (χ1v) is 5.03. The number of hydrogen-bond acceptors (Lipinski definition) is 6. The van der Waals surface area contributed by atoms with Gasteiger partial charge in [-0.2, -0.15) is 10.2 Å². The summed E-state index contributed by atoms with van der Waals surface area (Å²) in [5.41, 5.74) is 0. The van der Waals surface area contributed by atoms with E-state index in [2.05, 4.69) is 20.4 Å². The molecule has 2 aromatic rings. The van der Waals surface area contributed by atoms with Gasteiger partial charge >= 0.3 is 0 Å². The molecule has 8 nitrogen and oxygen atoms in total. The summed E-state index contributed by atoms with van der Waals surface area (Å²) in [6.07, 6.45) is 0. The van der Waals surface area contributed by atoms with Crippen molar-refractivity contribution in [2.45, 2.75) is 13.8 Å². The zero-order chi connectivity index (χ0) is 12.3. The second-order valence-corrected chi connectivity index (χ2v) is 3.67. The highest BCUT2D eigenvalue weighted by atomic mass is 32.1. The van der Waals surface area contributed by atoms with Crippen molar-refractivity contribution in [2.24, 2.45) is 0 Å². The Morgan fingerprint density at radius 1 is 0.938 bits per heavy atom. The minimum absolute atomic E-state index is 0.447. The van der Waals surface area contributed by atoms with Crippen molar-refractivity contribution in [1.82, 2.24) is 29.7 Å². The number of nitrogens with two attached hydrogens (primary N) is 2. The van der Waals surface area contributed by atoms with Gasteiger partial charge in [-0.25, -0.2) is 9.35 Å². The topological polar surface area (TPSA) is 119 Å². The molecule has 0 aliphatic rings. The second kappa shape index (κ2) is 4.90. The molecule has 6 N–H and O–H groups in total. The summed E-state index contributed by atoms with van der Waals surface area (Å²) in [5.74, 6) is 12.0. The molecule has 2 rings (SSSR count). The molecule has 0 aliphatic heterocycles. The Hall–Kier alpha value is -1.68. The van der Waals surface area contributed by atoms with E-state index in [9.17, 15) is 0 Å². The van der Waals surface area contributed by atoms with Gasteiger partial charge in [-0.05, 0) is 38.3 Å². The van der Waals surface area contributed by atoms with Crippen molar-refractivity contribution < 1.29 is 0 Å². The van der Waals surface area contributed by atoms with Gasteiger partial charge in [0.2, 0.25) is 9.54 Å². The lowest BCUT2D eigenvalue weighted by Gasteiger charge is -1.86. The molecule has 0 aliphatic carbocycles. The third-order valence-electron chi connectivity index (χ3n) is 1.76. The quantitative estimate of drug-likeness (QED) is 0.389.